The van der Waals surface area contributed by atoms with Gasteiger partial charge in [-0.1, -0.05) is 23.2 Å². The van der Waals surface area contributed by atoms with Gasteiger partial charge in [-0.05, 0) is 30.9 Å². The molecule has 0 radical (unpaired) electrons. The van der Waals surface area contributed by atoms with Crippen LogP contribution < -0.4 is 5.32 Å². The maximum absolute atomic E-state index is 9.78. The molecular formula is C14H19Cl2NO3. The second kappa shape index (κ2) is 7.48. The molecule has 0 aromatic heterocycles. The van der Waals surface area contributed by atoms with E-state index in [0.29, 0.717) is 36.2 Å². The summed E-state index contributed by atoms with van der Waals surface area (Å²) in [6.07, 6.45) is 1.91. The van der Waals surface area contributed by atoms with E-state index in [1.54, 1.807) is 6.07 Å². The summed E-state index contributed by atoms with van der Waals surface area (Å²) in [6.45, 7) is 1.83. The number of hydrogen-bond acceptors (Lipinski definition) is 4. The quantitative estimate of drug-likeness (QED) is 0.689. The standard InChI is InChI=1S/C14H19Cl2NO3/c15-11-3-10(14(19)13(16)4-11)5-17-6-12(18)8-20-7-9-1-2-9/h3-4,9,12,17-19H,1-2,5-8H2. The summed E-state index contributed by atoms with van der Waals surface area (Å²) in [5, 5.41) is 23.3. The Morgan fingerprint density at radius 2 is 2.10 bits per heavy atom. The molecular weight excluding hydrogens is 301 g/mol. The lowest BCUT2D eigenvalue weighted by atomic mass is 10.2. The SMILES string of the molecule is Oc1c(Cl)cc(Cl)cc1CNCC(O)COCC1CC1. The Bertz CT molecular complexity index is 452. The predicted molar refractivity (Wildman–Crippen MR) is 79.4 cm³/mol. The summed E-state index contributed by atoms with van der Waals surface area (Å²) in [7, 11) is 0. The van der Waals surface area contributed by atoms with Crippen molar-refractivity contribution >= 4 is 23.2 Å². The fourth-order valence-electron chi connectivity index (χ4n) is 1.84. The van der Waals surface area contributed by atoms with Crippen molar-refractivity contribution in [1.29, 1.82) is 0 Å². The van der Waals surface area contributed by atoms with Gasteiger partial charge in [0.2, 0.25) is 0 Å². The van der Waals surface area contributed by atoms with Crippen molar-refractivity contribution in [3.8, 4) is 5.75 Å². The van der Waals surface area contributed by atoms with Crippen LogP contribution in [0.3, 0.4) is 0 Å². The van der Waals surface area contributed by atoms with E-state index in [9.17, 15) is 10.2 Å². The number of ether oxygens (including phenoxy) is 1. The zero-order chi connectivity index (χ0) is 14.5. The van der Waals surface area contributed by atoms with Crippen LogP contribution in [0.2, 0.25) is 10.0 Å². The first-order valence-corrected chi connectivity index (χ1v) is 7.45. The van der Waals surface area contributed by atoms with Crippen molar-refractivity contribution in [1.82, 2.24) is 5.32 Å². The summed E-state index contributed by atoms with van der Waals surface area (Å²) in [5.41, 5.74) is 0.605. The lowest BCUT2D eigenvalue weighted by Crippen LogP contribution is -2.30. The van der Waals surface area contributed by atoms with Gasteiger partial charge in [0.05, 0.1) is 17.7 Å². The Hall–Kier alpha value is -0.520. The normalized spacial score (nSPS) is 16.4. The van der Waals surface area contributed by atoms with Gasteiger partial charge >= 0.3 is 0 Å². The highest BCUT2D eigenvalue weighted by Crippen LogP contribution is 2.31. The van der Waals surface area contributed by atoms with Crippen LogP contribution in [0.1, 0.15) is 18.4 Å². The molecule has 0 bridgehead atoms. The van der Waals surface area contributed by atoms with Crippen LogP contribution in [0.5, 0.6) is 5.75 Å². The van der Waals surface area contributed by atoms with Gasteiger partial charge in [0.15, 0.2) is 0 Å². The molecule has 0 saturated heterocycles. The van der Waals surface area contributed by atoms with Gasteiger partial charge in [-0.3, -0.25) is 0 Å². The summed E-state index contributed by atoms with van der Waals surface area (Å²) < 4.78 is 5.40. The molecule has 0 heterocycles. The first-order chi connectivity index (χ1) is 9.56. The van der Waals surface area contributed by atoms with E-state index in [4.69, 9.17) is 27.9 Å². The summed E-state index contributed by atoms with van der Waals surface area (Å²) in [5.74, 6) is 0.712. The third kappa shape index (κ3) is 5.11. The van der Waals surface area contributed by atoms with E-state index < -0.39 is 6.10 Å². The molecule has 0 spiro atoms. The van der Waals surface area contributed by atoms with Gasteiger partial charge in [-0.25, -0.2) is 0 Å². The van der Waals surface area contributed by atoms with E-state index >= 15 is 0 Å². The minimum atomic E-state index is -0.564. The number of aliphatic hydroxyl groups is 1. The van der Waals surface area contributed by atoms with Crippen molar-refractivity contribution in [3.63, 3.8) is 0 Å². The van der Waals surface area contributed by atoms with Gasteiger partial charge in [-0.15, -0.1) is 0 Å². The van der Waals surface area contributed by atoms with Crippen LogP contribution in [-0.4, -0.2) is 36.1 Å². The van der Waals surface area contributed by atoms with Crippen molar-refractivity contribution in [3.05, 3.63) is 27.7 Å². The number of phenolic OH excluding ortho intramolecular Hbond substituents is 1. The van der Waals surface area contributed by atoms with Crippen LogP contribution >= 0.6 is 23.2 Å². The molecule has 2 rings (SSSR count). The van der Waals surface area contributed by atoms with Crippen LogP contribution in [0.4, 0.5) is 0 Å². The Balaban J connectivity index is 1.69. The number of aromatic hydroxyl groups is 1. The second-order valence-electron chi connectivity index (χ2n) is 5.16. The summed E-state index contributed by atoms with van der Waals surface area (Å²) in [4.78, 5) is 0. The van der Waals surface area contributed by atoms with Gasteiger partial charge in [0.25, 0.3) is 0 Å². The van der Waals surface area contributed by atoms with Crippen molar-refractivity contribution in [2.45, 2.75) is 25.5 Å². The van der Waals surface area contributed by atoms with Crippen LogP contribution in [-0.2, 0) is 11.3 Å². The molecule has 3 N–H and O–H groups in total. The zero-order valence-electron chi connectivity index (χ0n) is 11.1. The van der Waals surface area contributed by atoms with Gasteiger partial charge in [0, 0.05) is 30.3 Å². The Kier molecular flexibility index (Phi) is 5.93. The molecule has 4 nitrogen and oxygen atoms in total. The highest BCUT2D eigenvalue weighted by Gasteiger charge is 2.21. The lowest BCUT2D eigenvalue weighted by Gasteiger charge is -2.13. The minimum absolute atomic E-state index is 0.0167. The first kappa shape index (κ1) is 15.9. The Labute approximate surface area is 128 Å². The number of hydrogen-bond donors (Lipinski definition) is 3. The highest BCUT2D eigenvalue weighted by molar-refractivity contribution is 6.35. The molecule has 1 aliphatic rings. The van der Waals surface area contributed by atoms with E-state index in [0.717, 1.165) is 6.61 Å². The van der Waals surface area contributed by atoms with E-state index in [1.165, 1.54) is 18.9 Å². The largest absolute Gasteiger partial charge is 0.506 e. The maximum atomic E-state index is 9.78. The van der Waals surface area contributed by atoms with Crippen LogP contribution in [0, 0.1) is 5.92 Å². The minimum Gasteiger partial charge on any atom is -0.506 e. The molecule has 6 heteroatoms. The number of benzene rings is 1. The van der Waals surface area contributed by atoms with E-state index in [-0.39, 0.29) is 10.8 Å². The van der Waals surface area contributed by atoms with Gasteiger partial charge in [-0.2, -0.15) is 0 Å². The van der Waals surface area contributed by atoms with E-state index in [1.807, 2.05) is 0 Å². The van der Waals surface area contributed by atoms with Crippen LogP contribution in [0.25, 0.3) is 0 Å². The fraction of sp³-hybridized carbons (Fsp3) is 0.571. The molecule has 1 saturated carbocycles. The Morgan fingerprint density at radius 1 is 1.35 bits per heavy atom. The molecule has 1 aromatic rings. The van der Waals surface area contributed by atoms with Gasteiger partial charge < -0.3 is 20.3 Å². The monoisotopic (exact) mass is 319 g/mol. The average molecular weight is 320 g/mol. The number of halogens is 2. The predicted octanol–water partition coefficient (Wildman–Crippen LogP) is 2.58. The number of nitrogens with one attached hydrogen (secondary N) is 1. The molecule has 20 heavy (non-hydrogen) atoms. The first-order valence-electron chi connectivity index (χ1n) is 6.69. The molecule has 1 aliphatic carbocycles. The number of rotatable bonds is 8. The van der Waals surface area contributed by atoms with Gasteiger partial charge in [0.1, 0.15) is 5.75 Å². The third-order valence-electron chi connectivity index (χ3n) is 3.16. The molecule has 1 fully saturated rings. The van der Waals surface area contributed by atoms with E-state index in [2.05, 4.69) is 5.32 Å². The Morgan fingerprint density at radius 3 is 2.80 bits per heavy atom. The summed E-state index contributed by atoms with van der Waals surface area (Å²) in [6, 6.07) is 3.13. The summed E-state index contributed by atoms with van der Waals surface area (Å²) >= 11 is 11.7. The molecule has 1 unspecified atom stereocenters. The average Bonchev–Trinajstić information content (AvgIpc) is 3.19. The van der Waals surface area contributed by atoms with Crippen molar-refractivity contribution in [2.24, 2.45) is 5.92 Å². The fourth-order valence-corrected chi connectivity index (χ4v) is 2.38. The third-order valence-corrected chi connectivity index (χ3v) is 3.67. The van der Waals surface area contributed by atoms with Crippen molar-refractivity contribution in [2.75, 3.05) is 19.8 Å². The van der Waals surface area contributed by atoms with Crippen LogP contribution in [0.15, 0.2) is 12.1 Å². The second-order valence-corrected chi connectivity index (χ2v) is 6.00. The number of phenols is 1. The molecule has 112 valence electrons. The smallest absolute Gasteiger partial charge is 0.138 e. The topological polar surface area (TPSA) is 61.7 Å². The molecule has 0 amide bonds. The number of aliphatic hydroxyl groups excluding tert-OH is 1. The maximum Gasteiger partial charge on any atom is 0.138 e. The molecule has 0 aliphatic heterocycles. The lowest BCUT2D eigenvalue weighted by molar-refractivity contribution is 0.0324. The van der Waals surface area contributed by atoms with Crippen molar-refractivity contribution < 1.29 is 14.9 Å². The molecule has 1 atom stereocenters. The highest BCUT2D eigenvalue weighted by atomic mass is 35.5. The zero-order valence-corrected chi connectivity index (χ0v) is 12.6. The molecule has 1 aromatic carbocycles.